The zero-order chi connectivity index (χ0) is 24.9. The summed E-state index contributed by atoms with van der Waals surface area (Å²) in [5, 5.41) is 2.99. The summed E-state index contributed by atoms with van der Waals surface area (Å²) in [4.78, 5) is 21.5. The number of nitrogens with one attached hydrogen (secondary N) is 1. The van der Waals surface area contributed by atoms with Crippen LogP contribution in [0, 0.1) is 12.8 Å². The molecule has 1 amide bonds. The fourth-order valence-electron chi connectivity index (χ4n) is 2.81. The van der Waals surface area contributed by atoms with Crippen LogP contribution < -0.4 is 5.32 Å². The maximum absolute atomic E-state index is 12.5. The number of nitrogens with zero attached hydrogens (tertiary/aromatic N) is 2. The molecule has 0 aromatic heterocycles. The highest BCUT2D eigenvalue weighted by Crippen LogP contribution is 2.40. The number of aryl methyl sites for hydroxylation is 1. The second-order valence-corrected chi connectivity index (χ2v) is 8.21. The van der Waals surface area contributed by atoms with Gasteiger partial charge in [-0.1, -0.05) is 77.1 Å². The van der Waals surface area contributed by atoms with Crippen LogP contribution in [0.2, 0.25) is 0 Å². The minimum Gasteiger partial charge on any atom is -0.344 e. The van der Waals surface area contributed by atoms with E-state index in [1.807, 2.05) is 40.7 Å². The molecule has 0 heterocycles. The van der Waals surface area contributed by atoms with Gasteiger partial charge < -0.3 is 5.32 Å². The summed E-state index contributed by atoms with van der Waals surface area (Å²) in [5.41, 5.74) is 3.91. The predicted molar refractivity (Wildman–Crippen MR) is 144 cm³/mol. The summed E-state index contributed by atoms with van der Waals surface area (Å²) in [7, 11) is 1.68. The highest BCUT2D eigenvalue weighted by atomic mass is 16.1. The van der Waals surface area contributed by atoms with Crippen molar-refractivity contribution in [1.29, 1.82) is 0 Å². The molecule has 1 aromatic rings. The van der Waals surface area contributed by atoms with Crippen molar-refractivity contribution in [2.75, 3.05) is 7.05 Å². The maximum Gasteiger partial charge on any atom is 0.253 e. The Bertz CT molecular complexity index is 870. The van der Waals surface area contributed by atoms with Crippen LogP contribution in [-0.2, 0) is 10.3 Å². The third kappa shape index (κ3) is 9.17. The Morgan fingerprint density at radius 2 is 1.75 bits per heavy atom. The molecule has 1 aliphatic carbocycles. The smallest absolute Gasteiger partial charge is 0.253 e. The average molecular weight is 440 g/mol. The number of hydrogen-bond donors (Lipinski definition) is 1. The van der Waals surface area contributed by atoms with Gasteiger partial charge in [-0.15, -0.1) is 0 Å². The minimum atomic E-state index is -0.418. The van der Waals surface area contributed by atoms with Crippen LogP contribution in [0.4, 0.5) is 0 Å². The van der Waals surface area contributed by atoms with E-state index in [0.29, 0.717) is 11.3 Å². The van der Waals surface area contributed by atoms with Gasteiger partial charge in [0.25, 0.3) is 5.91 Å². The van der Waals surface area contributed by atoms with Crippen molar-refractivity contribution in [1.82, 2.24) is 5.32 Å². The van der Waals surface area contributed by atoms with E-state index < -0.39 is 5.54 Å². The highest BCUT2D eigenvalue weighted by Gasteiger charge is 2.36. The molecule has 1 aromatic carbocycles. The summed E-state index contributed by atoms with van der Waals surface area (Å²) < 4.78 is 0. The summed E-state index contributed by atoms with van der Waals surface area (Å²) in [5.74, 6) is 0.672. The molecule has 0 saturated heterocycles. The van der Waals surface area contributed by atoms with Gasteiger partial charge in [0.2, 0.25) is 0 Å². The number of carbonyl (C=O) groups excluding carboxylic acids is 1. The Morgan fingerprint density at radius 3 is 2.16 bits per heavy atom. The van der Waals surface area contributed by atoms with Crippen LogP contribution in [0.5, 0.6) is 0 Å². The van der Waals surface area contributed by atoms with Crippen molar-refractivity contribution >= 4 is 17.3 Å². The lowest BCUT2D eigenvalue weighted by Crippen LogP contribution is -2.40. The Kier molecular flexibility index (Phi) is 13.1. The lowest BCUT2D eigenvalue weighted by Gasteiger charge is -2.19. The molecule has 2 rings (SSSR count). The quantitative estimate of drug-likeness (QED) is 0.281. The van der Waals surface area contributed by atoms with Crippen molar-refractivity contribution < 1.29 is 6.22 Å². The number of aliphatic imine (C=N–C) groups is 2. The van der Waals surface area contributed by atoms with Crippen LogP contribution >= 0.6 is 0 Å². The normalized spacial score (nSPS) is 15.7. The summed E-state index contributed by atoms with van der Waals surface area (Å²) in [6, 6.07) is 8.04. The predicted octanol–water partition coefficient (Wildman–Crippen LogP) is 6.86. The molecule has 178 valence electrons. The molecular formula is C28H45N3O. The number of allylic oxidation sites excluding steroid dienone is 1. The minimum absolute atomic E-state index is 0. The van der Waals surface area contributed by atoms with E-state index in [0.717, 1.165) is 17.2 Å². The van der Waals surface area contributed by atoms with Gasteiger partial charge in [-0.05, 0) is 57.4 Å². The first kappa shape index (κ1) is 29.2. The Balaban J connectivity index is 0. The average Bonchev–Trinajstić information content (AvgIpc) is 3.54. The standard InChI is InChI=1S/C22H27N3O.C4H10.C2H6.H2/c1-7-19(16(4)23-6)21(26)24-17(5)20(8-2)25-22(12-13-22)18-11-9-10-15(3)14-18;1-4(2)3;1-2;/h7-14,17H,2H2,1,3-6H3,(H,24,26);4H,1-3H3;1-2H3;1H/b19-7+,23-16?,25-20?;;;/t17-;;;/m1.../s1. The summed E-state index contributed by atoms with van der Waals surface area (Å²) in [6.07, 6.45) is 7.60. The Morgan fingerprint density at radius 1 is 1.19 bits per heavy atom. The fraction of sp³-hybridized carbons (Fsp3) is 0.464. The highest BCUT2D eigenvalue weighted by molar-refractivity contribution is 6.21. The lowest BCUT2D eigenvalue weighted by atomic mass is 10.0. The first-order valence-corrected chi connectivity index (χ1v) is 11.5. The van der Waals surface area contributed by atoms with Gasteiger partial charge in [-0.25, -0.2) is 0 Å². The molecular weight excluding hydrogens is 394 g/mol. The van der Waals surface area contributed by atoms with Crippen LogP contribution in [-0.4, -0.2) is 30.4 Å². The van der Waals surface area contributed by atoms with Crippen molar-refractivity contribution in [3.05, 3.63) is 71.8 Å². The largest absolute Gasteiger partial charge is 0.344 e. The molecule has 4 heteroatoms. The van der Waals surface area contributed by atoms with Crippen LogP contribution in [0.15, 0.2) is 70.7 Å². The second kappa shape index (κ2) is 14.3. The molecule has 0 aliphatic heterocycles. The Hall–Kier alpha value is -2.75. The number of amides is 1. The van der Waals surface area contributed by atoms with Gasteiger partial charge >= 0.3 is 0 Å². The van der Waals surface area contributed by atoms with E-state index in [1.165, 1.54) is 5.56 Å². The van der Waals surface area contributed by atoms with Gasteiger partial charge in [0, 0.05) is 14.2 Å². The molecule has 4 nitrogen and oxygen atoms in total. The zero-order valence-electron chi connectivity index (χ0n) is 21.8. The fourth-order valence-corrected chi connectivity index (χ4v) is 2.81. The molecule has 0 saturated carbocycles. The number of rotatable bonds is 7. The number of benzene rings is 1. The van der Waals surface area contributed by atoms with Gasteiger partial charge in [-0.2, -0.15) is 0 Å². The molecule has 1 N–H and O–H groups in total. The molecule has 0 fully saturated rings. The summed E-state index contributed by atoms with van der Waals surface area (Å²) >= 11 is 0. The molecule has 0 radical (unpaired) electrons. The Labute approximate surface area is 197 Å². The van der Waals surface area contributed by atoms with E-state index in [2.05, 4.69) is 74.9 Å². The monoisotopic (exact) mass is 439 g/mol. The van der Waals surface area contributed by atoms with Gasteiger partial charge in [0.15, 0.2) is 0 Å². The molecule has 32 heavy (non-hydrogen) atoms. The van der Waals surface area contributed by atoms with Crippen molar-refractivity contribution in [3.8, 4) is 0 Å². The van der Waals surface area contributed by atoms with Gasteiger partial charge in [0.05, 0.1) is 17.3 Å². The van der Waals surface area contributed by atoms with E-state index >= 15 is 0 Å². The van der Waals surface area contributed by atoms with E-state index in [1.54, 1.807) is 19.2 Å². The van der Waals surface area contributed by atoms with Crippen molar-refractivity contribution in [3.63, 3.8) is 0 Å². The van der Waals surface area contributed by atoms with Crippen LogP contribution in [0.3, 0.4) is 0 Å². The van der Waals surface area contributed by atoms with Gasteiger partial charge in [-0.3, -0.25) is 14.8 Å². The van der Waals surface area contributed by atoms with Crippen LogP contribution in [0.1, 0.15) is 67.9 Å². The van der Waals surface area contributed by atoms with E-state index in [4.69, 9.17) is 4.99 Å². The van der Waals surface area contributed by atoms with Gasteiger partial charge in [0.1, 0.15) is 5.54 Å². The van der Waals surface area contributed by atoms with E-state index in [9.17, 15) is 4.79 Å². The summed E-state index contributed by atoms with van der Waals surface area (Å²) in [6.45, 7) is 22.0. The van der Waals surface area contributed by atoms with Crippen molar-refractivity contribution in [2.24, 2.45) is 15.9 Å². The molecule has 1 aliphatic rings. The van der Waals surface area contributed by atoms with Crippen molar-refractivity contribution in [2.45, 2.75) is 73.9 Å². The van der Waals surface area contributed by atoms with E-state index in [-0.39, 0.29) is 13.4 Å². The third-order valence-corrected chi connectivity index (χ3v) is 4.54. The van der Waals surface area contributed by atoms with Crippen LogP contribution in [0.25, 0.3) is 0 Å². The second-order valence-electron chi connectivity index (χ2n) is 8.21. The molecule has 0 spiro atoms. The molecule has 0 unspecified atom stereocenters. The maximum atomic E-state index is 12.5. The number of hydrogen-bond acceptors (Lipinski definition) is 3. The SMILES string of the molecule is C=CC(=NC1(c2cccc(C)c2)C=C1)[C@@H](C)NC(=O)/C(=C/C)C(C)=NC.CC.CC(C)C.[HH]. The zero-order valence-corrected chi connectivity index (χ0v) is 21.8. The molecule has 0 bridgehead atoms. The first-order chi connectivity index (χ1) is 15.1. The number of carbonyl (C=O) groups is 1. The molecule has 1 atom stereocenters. The lowest BCUT2D eigenvalue weighted by molar-refractivity contribution is -0.117. The topological polar surface area (TPSA) is 53.8 Å². The first-order valence-electron chi connectivity index (χ1n) is 11.5. The third-order valence-electron chi connectivity index (χ3n) is 4.54.